The molecule has 1 aromatic rings. The van der Waals surface area contributed by atoms with Crippen LogP contribution in [0.15, 0.2) is 6.20 Å². The van der Waals surface area contributed by atoms with Crippen molar-refractivity contribution in [3.8, 4) is 0 Å². The summed E-state index contributed by atoms with van der Waals surface area (Å²) >= 11 is 0. The normalized spacial score (nSPS) is 12.8. The summed E-state index contributed by atoms with van der Waals surface area (Å²) < 4.78 is 7.06. The Kier molecular flexibility index (Phi) is 4.61. The number of methoxy groups -OCH3 is 1. The van der Waals surface area contributed by atoms with Crippen LogP contribution >= 0.6 is 0 Å². The molecule has 5 nitrogen and oxygen atoms in total. The highest BCUT2D eigenvalue weighted by Gasteiger charge is 2.11. The third-order valence-corrected chi connectivity index (χ3v) is 2.55. The molecular weight excluding hydrogens is 204 g/mol. The van der Waals surface area contributed by atoms with E-state index < -0.39 is 0 Å². The lowest BCUT2D eigenvalue weighted by atomic mass is 10.1. The van der Waals surface area contributed by atoms with Gasteiger partial charge in [0.2, 0.25) is 0 Å². The van der Waals surface area contributed by atoms with Crippen LogP contribution in [-0.2, 0) is 11.3 Å². The van der Waals surface area contributed by atoms with E-state index in [0.29, 0.717) is 5.92 Å². The molecule has 0 bridgehead atoms. The summed E-state index contributed by atoms with van der Waals surface area (Å²) in [6.07, 6.45) is 2.74. The first kappa shape index (κ1) is 12.8. The number of anilines is 2. The molecule has 1 heterocycles. The molecule has 1 atom stereocenters. The van der Waals surface area contributed by atoms with Gasteiger partial charge >= 0.3 is 0 Å². The van der Waals surface area contributed by atoms with Crippen LogP contribution in [0, 0.1) is 5.92 Å². The van der Waals surface area contributed by atoms with Crippen LogP contribution in [0.5, 0.6) is 0 Å². The van der Waals surface area contributed by atoms with E-state index in [4.69, 9.17) is 10.5 Å². The molecule has 0 spiro atoms. The molecule has 1 rings (SSSR count). The van der Waals surface area contributed by atoms with Crippen LogP contribution in [0.25, 0.3) is 0 Å². The minimum Gasteiger partial charge on any atom is -0.394 e. The molecule has 0 amide bonds. The molecule has 5 heteroatoms. The molecule has 1 unspecified atom stereocenters. The summed E-state index contributed by atoms with van der Waals surface area (Å²) in [5.41, 5.74) is 6.58. The van der Waals surface area contributed by atoms with Crippen LogP contribution < -0.4 is 10.6 Å². The van der Waals surface area contributed by atoms with Gasteiger partial charge in [-0.2, -0.15) is 5.10 Å². The lowest BCUT2D eigenvalue weighted by Crippen LogP contribution is -2.18. The lowest BCUT2D eigenvalue weighted by Gasteiger charge is -2.17. The number of nitrogens with zero attached hydrogens (tertiary/aromatic N) is 3. The molecule has 0 aromatic carbocycles. The van der Waals surface area contributed by atoms with E-state index in [-0.39, 0.29) is 0 Å². The molecule has 0 aliphatic heterocycles. The van der Waals surface area contributed by atoms with Gasteiger partial charge in [-0.3, -0.25) is 0 Å². The van der Waals surface area contributed by atoms with E-state index in [1.165, 1.54) is 0 Å². The van der Waals surface area contributed by atoms with Crippen molar-refractivity contribution in [2.45, 2.75) is 19.9 Å². The van der Waals surface area contributed by atoms with Gasteiger partial charge in [0.25, 0.3) is 0 Å². The second-order valence-electron chi connectivity index (χ2n) is 4.39. The van der Waals surface area contributed by atoms with Gasteiger partial charge in [0.1, 0.15) is 5.82 Å². The highest BCUT2D eigenvalue weighted by Crippen LogP contribution is 2.21. The quantitative estimate of drug-likeness (QED) is 0.792. The van der Waals surface area contributed by atoms with Crippen molar-refractivity contribution >= 4 is 11.5 Å². The van der Waals surface area contributed by atoms with Gasteiger partial charge in [-0.05, 0) is 12.3 Å². The molecule has 1 aromatic heterocycles. The highest BCUT2D eigenvalue weighted by molar-refractivity contribution is 5.61. The van der Waals surface area contributed by atoms with Crippen molar-refractivity contribution in [2.24, 2.45) is 5.92 Å². The van der Waals surface area contributed by atoms with Crippen molar-refractivity contribution in [3.63, 3.8) is 0 Å². The van der Waals surface area contributed by atoms with Gasteiger partial charge in [0, 0.05) is 34.4 Å². The van der Waals surface area contributed by atoms with Crippen molar-refractivity contribution in [2.75, 3.05) is 38.4 Å². The molecule has 0 saturated carbocycles. The molecule has 0 aliphatic rings. The van der Waals surface area contributed by atoms with E-state index in [1.54, 1.807) is 13.3 Å². The number of rotatable bonds is 6. The van der Waals surface area contributed by atoms with E-state index in [9.17, 15) is 0 Å². The fourth-order valence-electron chi connectivity index (χ4n) is 1.76. The van der Waals surface area contributed by atoms with Crippen LogP contribution in [0.4, 0.5) is 11.5 Å². The minimum absolute atomic E-state index is 0.533. The Morgan fingerprint density at radius 2 is 2.25 bits per heavy atom. The number of aromatic nitrogens is 2. The third-order valence-electron chi connectivity index (χ3n) is 2.55. The zero-order valence-corrected chi connectivity index (χ0v) is 10.6. The SMILES string of the molecule is COCC(C)CCn1ncc(N)c1N(C)C. The first-order chi connectivity index (χ1) is 7.56. The number of ether oxygens (including phenoxy) is 1. The number of nitrogen functional groups attached to an aromatic ring is 1. The zero-order valence-electron chi connectivity index (χ0n) is 10.6. The minimum atomic E-state index is 0.533. The molecule has 0 fully saturated rings. The maximum Gasteiger partial charge on any atom is 0.149 e. The second kappa shape index (κ2) is 5.75. The van der Waals surface area contributed by atoms with Crippen molar-refractivity contribution in [1.29, 1.82) is 0 Å². The Balaban J connectivity index is 2.60. The summed E-state index contributed by atoms with van der Waals surface area (Å²) in [6, 6.07) is 0. The number of nitrogens with two attached hydrogens (primary N) is 1. The molecule has 0 aliphatic carbocycles. The summed E-state index contributed by atoms with van der Waals surface area (Å²) in [7, 11) is 5.68. The summed E-state index contributed by atoms with van der Waals surface area (Å²) in [4.78, 5) is 1.99. The van der Waals surface area contributed by atoms with Gasteiger partial charge in [-0.1, -0.05) is 6.92 Å². The third kappa shape index (κ3) is 3.13. The van der Waals surface area contributed by atoms with Crippen LogP contribution in [-0.4, -0.2) is 37.6 Å². The first-order valence-corrected chi connectivity index (χ1v) is 5.53. The number of hydrogen-bond acceptors (Lipinski definition) is 4. The summed E-state index contributed by atoms with van der Waals surface area (Å²) in [5, 5.41) is 4.28. The van der Waals surface area contributed by atoms with Crippen molar-refractivity contribution in [3.05, 3.63) is 6.20 Å². The molecule has 92 valence electrons. The number of aryl methyl sites for hydroxylation is 1. The van der Waals surface area contributed by atoms with Crippen molar-refractivity contribution in [1.82, 2.24) is 9.78 Å². The molecule has 2 N–H and O–H groups in total. The van der Waals surface area contributed by atoms with Gasteiger partial charge < -0.3 is 15.4 Å². The second-order valence-corrected chi connectivity index (χ2v) is 4.39. The standard InChI is InChI=1S/C11H22N4O/c1-9(8-16-4)5-6-15-11(14(2)3)10(12)7-13-15/h7,9H,5-6,8,12H2,1-4H3. The number of hydrogen-bond donors (Lipinski definition) is 1. The lowest BCUT2D eigenvalue weighted by molar-refractivity contribution is 0.152. The Bertz CT molecular complexity index is 322. The maximum atomic E-state index is 5.86. The Labute approximate surface area is 97.2 Å². The van der Waals surface area contributed by atoms with Crippen LogP contribution in [0.1, 0.15) is 13.3 Å². The molecule has 16 heavy (non-hydrogen) atoms. The maximum absolute atomic E-state index is 5.86. The van der Waals surface area contributed by atoms with Gasteiger partial charge in [-0.15, -0.1) is 0 Å². The average Bonchev–Trinajstić information content (AvgIpc) is 2.57. The van der Waals surface area contributed by atoms with E-state index in [0.717, 1.165) is 31.1 Å². The topological polar surface area (TPSA) is 56.3 Å². The molecule has 0 radical (unpaired) electrons. The largest absolute Gasteiger partial charge is 0.394 e. The van der Waals surface area contributed by atoms with E-state index in [2.05, 4.69) is 12.0 Å². The Hall–Kier alpha value is -1.23. The van der Waals surface area contributed by atoms with Crippen LogP contribution in [0.2, 0.25) is 0 Å². The molecule has 0 saturated heterocycles. The smallest absolute Gasteiger partial charge is 0.149 e. The van der Waals surface area contributed by atoms with Gasteiger partial charge in [0.05, 0.1) is 11.9 Å². The first-order valence-electron chi connectivity index (χ1n) is 5.53. The highest BCUT2D eigenvalue weighted by atomic mass is 16.5. The predicted octanol–water partition coefficient (Wildman–Crippen LogP) is 1.20. The summed E-state index contributed by atoms with van der Waals surface area (Å²) in [5.74, 6) is 1.51. The van der Waals surface area contributed by atoms with E-state index >= 15 is 0 Å². The van der Waals surface area contributed by atoms with Gasteiger partial charge in [0.15, 0.2) is 0 Å². The monoisotopic (exact) mass is 226 g/mol. The molecular formula is C11H22N4O. The van der Waals surface area contributed by atoms with Gasteiger partial charge in [-0.25, -0.2) is 4.68 Å². The van der Waals surface area contributed by atoms with Crippen molar-refractivity contribution < 1.29 is 4.74 Å². The zero-order chi connectivity index (χ0) is 12.1. The summed E-state index contributed by atoms with van der Waals surface area (Å²) in [6.45, 7) is 3.83. The average molecular weight is 226 g/mol. The Morgan fingerprint density at radius 1 is 1.56 bits per heavy atom. The fraction of sp³-hybridized carbons (Fsp3) is 0.727. The Morgan fingerprint density at radius 3 is 2.81 bits per heavy atom. The fourth-order valence-corrected chi connectivity index (χ4v) is 1.76. The predicted molar refractivity (Wildman–Crippen MR) is 66.6 cm³/mol. The van der Waals surface area contributed by atoms with E-state index in [1.807, 2.05) is 23.7 Å². The van der Waals surface area contributed by atoms with Crippen LogP contribution in [0.3, 0.4) is 0 Å².